The van der Waals surface area contributed by atoms with Gasteiger partial charge < -0.3 is 10.6 Å². The highest BCUT2D eigenvalue weighted by Gasteiger charge is 2.31. The Labute approximate surface area is 136 Å². The Morgan fingerprint density at radius 1 is 1.33 bits per heavy atom. The number of carbonyl (C=O) groups is 1. The van der Waals surface area contributed by atoms with Gasteiger partial charge in [-0.2, -0.15) is 18.3 Å². The summed E-state index contributed by atoms with van der Waals surface area (Å²) in [6.45, 7) is 1.74. The van der Waals surface area contributed by atoms with Crippen LogP contribution in [0.1, 0.15) is 22.5 Å². The van der Waals surface area contributed by atoms with Gasteiger partial charge in [-0.3, -0.25) is 4.79 Å². The minimum absolute atomic E-state index is 0.213. The van der Waals surface area contributed by atoms with E-state index >= 15 is 0 Å². The number of aromatic nitrogens is 2. The summed E-state index contributed by atoms with van der Waals surface area (Å²) < 4.78 is 39.6. The summed E-state index contributed by atoms with van der Waals surface area (Å²) in [5.74, 6) is 0.0659. The van der Waals surface area contributed by atoms with E-state index in [0.717, 1.165) is 18.6 Å². The number of amides is 1. The molecule has 0 aliphatic carbocycles. The monoisotopic (exact) mass is 338 g/mol. The maximum atomic E-state index is 12.8. The second-order valence-electron chi connectivity index (χ2n) is 5.84. The number of nitrogens with zero attached hydrogens (tertiary/aromatic N) is 3. The van der Waals surface area contributed by atoms with Crippen molar-refractivity contribution in [3.63, 3.8) is 0 Å². The lowest BCUT2D eigenvalue weighted by molar-refractivity contribution is -0.137. The fourth-order valence-corrected chi connectivity index (χ4v) is 2.78. The number of rotatable bonds is 3. The van der Waals surface area contributed by atoms with Crippen molar-refractivity contribution < 1.29 is 18.0 Å². The molecule has 1 aromatic carbocycles. The average Bonchev–Trinajstić information content (AvgIpc) is 3.23. The van der Waals surface area contributed by atoms with E-state index < -0.39 is 11.7 Å². The van der Waals surface area contributed by atoms with Crippen molar-refractivity contribution in [2.24, 2.45) is 11.7 Å². The van der Waals surface area contributed by atoms with E-state index in [1.807, 2.05) is 0 Å². The van der Waals surface area contributed by atoms with Gasteiger partial charge in [-0.15, -0.1) is 0 Å². The minimum atomic E-state index is -4.42. The average molecular weight is 338 g/mol. The van der Waals surface area contributed by atoms with Crippen molar-refractivity contribution in [2.75, 3.05) is 19.6 Å². The fraction of sp³-hybridized carbons (Fsp3) is 0.375. The van der Waals surface area contributed by atoms with Crippen LogP contribution in [-0.4, -0.2) is 40.2 Å². The van der Waals surface area contributed by atoms with E-state index in [4.69, 9.17) is 5.73 Å². The summed E-state index contributed by atoms with van der Waals surface area (Å²) in [7, 11) is 0. The third-order valence-corrected chi connectivity index (χ3v) is 4.15. The Morgan fingerprint density at radius 3 is 2.79 bits per heavy atom. The van der Waals surface area contributed by atoms with E-state index in [2.05, 4.69) is 5.10 Å². The molecular formula is C16H17F3N4O. The number of hydrogen-bond donors (Lipinski definition) is 1. The van der Waals surface area contributed by atoms with Crippen LogP contribution in [-0.2, 0) is 6.18 Å². The first-order chi connectivity index (χ1) is 11.4. The maximum Gasteiger partial charge on any atom is 0.416 e. The summed E-state index contributed by atoms with van der Waals surface area (Å²) in [6, 6.07) is 6.33. The van der Waals surface area contributed by atoms with E-state index in [0.29, 0.717) is 25.6 Å². The molecule has 1 saturated heterocycles. The van der Waals surface area contributed by atoms with Gasteiger partial charge in [0.05, 0.1) is 11.3 Å². The zero-order valence-electron chi connectivity index (χ0n) is 12.8. The largest absolute Gasteiger partial charge is 0.416 e. The third kappa shape index (κ3) is 3.28. The molecule has 0 bridgehead atoms. The van der Waals surface area contributed by atoms with Crippen LogP contribution in [0.2, 0.25) is 0 Å². The zero-order valence-corrected chi connectivity index (χ0v) is 12.8. The number of nitrogens with two attached hydrogens (primary N) is 1. The van der Waals surface area contributed by atoms with Gasteiger partial charge in [0.2, 0.25) is 0 Å². The van der Waals surface area contributed by atoms with Crippen molar-refractivity contribution in [3.05, 3.63) is 47.8 Å². The van der Waals surface area contributed by atoms with Crippen molar-refractivity contribution in [2.45, 2.75) is 12.6 Å². The molecule has 1 amide bonds. The predicted molar refractivity (Wildman–Crippen MR) is 81.6 cm³/mol. The molecule has 0 radical (unpaired) electrons. The second kappa shape index (κ2) is 6.27. The van der Waals surface area contributed by atoms with Crippen molar-refractivity contribution in [3.8, 4) is 5.69 Å². The Kier molecular flexibility index (Phi) is 4.31. The van der Waals surface area contributed by atoms with E-state index in [9.17, 15) is 18.0 Å². The van der Waals surface area contributed by atoms with E-state index in [1.165, 1.54) is 29.1 Å². The lowest BCUT2D eigenvalue weighted by Gasteiger charge is -2.14. The highest BCUT2D eigenvalue weighted by molar-refractivity contribution is 5.92. The molecule has 0 spiro atoms. The van der Waals surface area contributed by atoms with Crippen LogP contribution >= 0.6 is 0 Å². The molecule has 1 aliphatic heterocycles. The lowest BCUT2D eigenvalue weighted by Crippen LogP contribution is -2.30. The highest BCUT2D eigenvalue weighted by Crippen LogP contribution is 2.30. The van der Waals surface area contributed by atoms with Gasteiger partial charge in [-0.05, 0) is 43.1 Å². The predicted octanol–water partition coefficient (Wildman–Crippen LogP) is 2.31. The smallest absolute Gasteiger partial charge is 0.337 e. The van der Waals surface area contributed by atoms with Gasteiger partial charge in [0.1, 0.15) is 0 Å². The van der Waals surface area contributed by atoms with Crippen LogP contribution < -0.4 is 5.73 Å². The Hall–Kier alpha value is -2.35. The molecule has 128 valence electrons. The first-order valence-electron chi connectivity index (χ1n) is 7.61. The fourth-order valence-electron chi connectivity index (χ4n) is 2.78. The highest BCUT2D eigenvalue weighted by atomic mass is 19.4. The van der Waals surface area contributed by atoms with E-state index in [1.54, 1.807) is 4.90 Å². The van der Waals surface area contributed by atoms with E-state index in [-0.39, 0.29) is 17.3 Å². The molecule has 1 fully saturated rings. The minimum Gasteiger partial charge on any atom is -0.337 e. The quantitative estimate of drug-likeness (QED) is 0.934. The molecule has 2 N–H and O–H groups in total. The third-order valence-electron chi connectivity index (χ3n) is 4.15. The van der Waals surface area contributed by atoms with Crippen LogP contribution in [0.4, 0.5) is 13.2 Å². The summed E-state index contributed by atoms with van der Waals surface area (Å²) >= 11 is 0. The number of carbonyl (C=O) groups excluding carboxylic acids is 1. The van der Waals surface area contributed by atoms with Gasteiger partial charge in [-0.1, -0.05) is 6.07 Å². The second-order valence-corrected chi connectivity index (χ2v) is 5.84. The summed E-state index contributed by atoms with van der Waals surface area (Å²) in [4.78, 5) is 14.1. The molecule has 0 saturated carbocycles. The number of alkyl halides is 3. The van der Waals surface area contributed by atoms with Gasteiger partial charge in [0.25, 0.3) is 5.91 Å². The number of likely N-dealkylation sites (tertiary alicyclic amines) is 1. The SMILES string of the molecule is NC[C@H]1CCN(C(=O)c2ccn(-c3cccc(C(F)(F)F)c3)n2)C1. The first kappa shape index (κ1) is 16.5. The molecule has 3 rings (SSSR count). The first-order valence-corrected chi connectivity index (χ1v) is 7.61. The van der Waals surface area contributed by atoms with Gasteiger partial charge >= 0.3 is 6.18 Å². The molecule has 2 heterocycles. The number of hydrogen-bond acceptors (Lipinski definition) is 3. The topological polar surface area (TPSA) is 64.2 Å². The van der Waals surface area contributed by atoms with Gasteiger partial charge in [0.15, 0.2) is 5.69 Å². The van der Waals surface area contributed by atoms with Crippen LogP contribution in [0.5, 0.6) is 0 Å². The van der Waals surface area contributed by atoms with Gasteiger partial charge in [-0.25, -0.2) is 4.68 Å². The van der Waals surface area contributed by atoms with Crippen LogP contribution in [0.25, 0.3) is 5.69 Å². The normalized spacial score (nSPS) is 18.2. The number of benzene rings is 1. The molecule has 1 aromatic heterocycles. The molecule has 1 aliphatic rings. The van der Waals surface area contributed by atoms with Crippen LogP contribution in [0, 0.1) is 5.92 Å². The van der Waals surface area contributed by atoms with Crippen LogP contribution in [0.15, 0.2) is 36.5 Å². The summed E-state index contributed by atoms with van der Waals surface area (Å²) in [6.07, 6.45) is -2.08. The van der Waals surface area contributed by atoms with Crippen molar-refractivity contribution in [1.29, 1.82) is 0 Å². The van der Waals surface area contributed by atoms with Crippen molar-refractivity contribution in [1.82, 2.24) is 14.7 Å². The lowest BCUT2D eigenvalue weighted by atomic mass is 10.1. The summed E-state index contributed by atoms with van der Waals surface area (Å²) in [5, 5.41) is 4.13. The maximum absolute atomic E-state index is 12.8. The Morgan fingerprint density at radius 2 is 2.12 bits per heavy atom. The molecular weight excluding hydrogens is 321 g/mol. The summed E-state index contributed by atoms with van der Waals surface area (Å²) in [5.41, 5.74) is 5.33. The van der Waals surface area contributed by atoms with Gasteiger partial charge in [0, 0.05) is 19.3 Å². The molecule has 5 nitrogen and oxygen atoms in total. The zero-order chi connectivity index (χ0) is 17.3. The van der Waals surface area contributed by atoms with Crippen molar-refractivity contribution >= 4 is 5.91 Å². The molecule has 8 heteroatoms. The Balaban J connectivity index is 1.80. The van der Waals surface area contributed by atoms with Crippen LogP contribution in [0.3, 0.4) is 0 Å². The Bertz CT molecular complexity index is 741. The molecule has 2 aromatic rings. The molecule has 0 unspecified atom stereocenters. The molecule has 1 atom stereocenters. The standard InChI is InChI=1S/C16H17F3N4O/c17-16(18,19)12-2-1-3-13(8-12)23-7-5-14(21-23)15(24)22-6-4-11(9-20)10-22/h1-3,5,7-8,11H,4,6,9-10,20H2/t11-/m1/s1. The molecule has 24 heavy (non-hydrogen) atoms. The number of halogens is 3.